The molecule has 8 heavy (non-hydrogen) atoms. The van der Waals surface area contributed by atoms with Gasteiger partial charge in [-0.05, 0) is 0 Å². The molecule has 52 valence electrons. The van der Waals surface area contributed by atoms with Crippen LogP contribution in [0.3, 0.4) is 0 Å². The van der Waals surface area contributed by atoms with Gasteiger partial charge in [-0.15, -0.1) is 0 Å². The van der Waals surface area contributed by atoms with Gasteiger partial charge in [0.25, 0.3) is 0 Å². The summed E-state index contributed by atoms with van der Waals surface area (Å²) in [4.78, 5) is 0. The first kappa shape index (κ1) is 62.1. The van der Waals surface area contributed by atoms with Gasteiger partial charge in [0.05, 0.1) is 0 Å². The van der Waals surface area contributed by atoms with Gasteiger partial charge in [-0.25, -0.2) is 0 Å². The minimum absolute atomic E-state index is 0. The molecule has 0 aliphatic carbocycles. The van der Waals surface area contributed by atoms with Crippen LogP contribution in [0, 0.1) is 21.3 Å². The zero-order valence-corrected chi connectivity index (χ0v) is 7.83. The number of rotatable bonds is 0. The molecular weight excluding hydrogens is 173 g/mol. The molecule has 0 radical (unpaired) electrons. The molecule has 0 rings (SSSR count). The standard InChI is InChI=1S/2C2H5.2CH4.CH3.Y/c2*1-2;;;;/h2*1H2,2H3;2*1H4;1H3;/q2*-1;;;-1;+3. The van der Waals surface area contributed by atoms with Crippen LogP contribution in [-0.4, -0.2) is 0 Å². The molecular formula is C7H21Y. The zero-order valence-electron chi connectivity index (χ0n) is 4.99. The summed E-state index contributed by atoms with van der Waals surface area (Å²) >= 11 is 0. The molecule has 0 saturated heterocycles. The Balaban J connectivity index is -0.00000000167. The van der Waals surface area contributed by atoms with E-state index in [-0.39, 0.29) is 55.0 Å². The second kappa shape index (κ2) is 336. The van der Waals surface area contributed by atoms with Gasteiger partial charge in [-0.3, -0.25) is 0 Å². The molecule has 0 aliphatic heterocycles. The summed E-state index contributed by atoms with van der Waals surface area (Å²) in [7, 11) is 0. The van der Waals surface area contributed by atoms with Crippen molar-refractivity contribution in [2.75, 3.05) is 0 Å². The van der Waals surface area contributed by atoms with E-state index in [1.165, 1.54) is 0 Å². The summed E-state index contributed by atoms with van der Waals surface area (Å²) in [5.74, 6) is 0. The van der Waals surface area contributed by atoms with E-state index >= 15 is 0 Å². The Kier molecular flexibility index (Phi) is 2600. The molecule has 0 amide bonds. The van der Waals surface area contributed by atoms with Crippen LogP contribution in [0.5, 0.6) is 0 Å². The van der Waals surface area contributed by atoms with Crippen molar-refractivity contribution in [1.29, 1.82) is 0 Å². The quantitative estimate of drug-likeness (QED) is 0.518. The topological polar surface area (TPSA) is 0 Å². The Hall–Kier alpha value is 1.10. The predicted octanol–water partition coefficient (Wildman–Crippen LogP) is 3.40. The molecule has 0 unspecified atom stereocenters. The summed E-state index contributed by atoms with van der Waals surface area (Å²) in [6.07, 6.45) is 0. The van der Waals surface area contributed by atoms with Crippen LogP contribution in [-0.2, 0) is 32.7 Å². The van der Waals surface area contributed by atoms with Crippen molar-refractivity contribution in [1.82, 2.24) is 0 Å². The molecule has 0 aromatic rings. The number of hydrogen-bond acceptors (Lipinski definition) is 0. The van der Waals surface area contributed by atoms with Crippen LogP contribution < -0.4 is 0 Å². The average Bonchev–Trinajstić information content (AvgIpc) is 1.50. The van der Waals surface area contributed by atoms with Gasteiger partial charge in [-0.1, -0.05) is 14.9 Å². The fraction of sp³-hybridized carbons (Fsp3) is 0.571. The Bertz CT molecular complexity index is 4.35. The first-order chi connectivity index (χ1) is 2.00. The van der Waals surface area contributed by atoms with Crippen LogP contribution in [0.15, 0.2) is 0 Å². The molecule has 0 N–H and O–H groups in total. The van der Waals surface area contributed by atoms with E-state index in [1.807, 2.05) is 0 Å². The van der Waals surface area contributed by atoms with Gasteiger partial charge in [0.15, 0.2) is 0 Å². The van der Waals surface area contributed by atoms with Gasteiger partial charge in [-0.2, -0.15) is 13.8 Å². The van der Waals surface area contributed by atoms with Crippen molar-refractivity contribution in [2.45, 2.75) is 28.7 Å². The van der Waals surface area contributed by atoms with E-state index in [0.29, 0.717) is 0 Å². The Morgan fingerprint density at radius 2 is 0.750 bits per heavy atom. The Labute approximate surface area is 82.3 Å². The predicted molar refractivity (Wildman–Crippen MR) is 41.9 cm³/mol. The van der Waals surface area contributed by atoms with Crippen molar-refractivity contribution < 1.29 is 32.7 Å². The summed E-state index contributed by atoms with van der Waals surface area (Å²) in [5.41, 5.74) is 0. The number of hydrogen-bond donors (Lipinski definition) is 0. The van der Waals surface area contributed by atoms with E-state index in [0.717, 1.165) is 0 Å². The van der Waals surface area contributed by atoms with E-state index < -0.39 is 0 Å². The third-order valence-electron chi connectivity index (χ3n) is 0. The SMILES string of the molecule is C.C.[CH2-]C.[CH2-]C.[CH3-].[Y+3]. The summed E-state index contributed by atoms with van der Waals surface area (Å²) in [6.45, 7) is 10.0. The summed E-state index contributed by atoms with van der Waals surface area (Å²) in [6, 6.07) is 0. The molecule has 0 bridgehead atoms. The van der Waals surface area contributed by atoms with Gasteiger partial charge in [0.2, 0.25) is 0 Å². The molecule has 0 heterocycles. The normalized spacial score (nSPS) is 1.50. The van der Waals surface area contributed by atoms with E-state index in [1.54, 1.807) is 13.8 Å². The first-order valence-electron chi connectivity index (χ1n) is 1.41. The van der Waals surface area contributed by atoms with Gasteiger partial charge >= 0.3 is 32.7 Å². The van der Waals surface area contributed by atoms with Crippen LogP contribution in [0.1, 0.15) is 28.7 Å². The smallest absolute Gasteiger partial charge is 0.358 e. The molecule has 1 heteroatoms. The fourth-order valence-electron chi connectivity index (χ4n) is 0. The largest absolute Gasteiger partial charge is 3.00 e. The van der Waals surface area contributed by atoms with Crippen molar-refractivity contribution in [3.8, 4) is 0 Å². The summed E-state index contributed by atoms with van der Waals surface area (Å²) < 4.78 is 0. The second-order valence-electron chi connectivity index (χ2n) is 0. The molecule has 0 atom stereocenters. The van der Waals surface area contributed by atoms with Crippen LogP contribution in [0.25, 0.3) is 0 Å². The van der Waals surface area contributed by atoms with Crippen LogP contribution in [0.4, 0.5) is 0 Å². The average molecular weight is 194 g/mol. The maximum absolute atomic E-state index is 3.25. The zero-order chi connectivity index (χ0) is 4.00. The minimum Gasteiger partial charge on any atom is -0.358 e. The molecule has 0 aromatic carbocycles. The Morgan fingerprint density at radius 1 is 0.750 bits per heavy atom. The monoisotopic (exact) mass is 194 g/mol. The third-order valence-corrected chi connectivity index (χ3v) is 0. The molecule has 0 aromatic heterocycles. The first-order valence-corrected chi connectivity index (χ1v) is 1.41. The fourth-order valence-corrected chi connectivity index (χ4v) is 0. The molecule has 0 saturated carbocycles. The minimum atomic E-state index is 0. The van der Waals surface area contributed by atoms with Crippen LogP contribution >= 0.6 is 0 Å². The molecule has 0 fully saturated rings. The van der Waals surface area contributed by atoms with Gasteiger partial charge in [0.1, 0.15) is 0 Å². The summed E-state index contributed by atoms with van der Waals surface area (Å²) in [5, 5.41) is 0. The van der Waals surface area contributed by atoms with Gasteiger partial charge < -0.3 is 21.3 Å². The van der Waals surface area contributed by atoms with Crippen molar-refractivity contribution >= 4 is 0 Å². The molecule has 0 aliphatic rings. The van der Waals surface area contributed by atoms with Crippen molar-refractivity contribution in [3.05, 3.63) is 21.3 Å². The van der Waals surface area contributed by atoms with Gasteiger partial charge in [0, 0.05) is 0 Å². The Morgan fingerprint density at radius 3 is 0.750 bits per heavy atom. The van der Waals surface area contributed by atoms with Crippen molar-refractivity contribution in [3.63, 3.8) is 0 Å². The maximum Gasteiger partial charge on any atom is 3.00 e. The van der Waals surface area contributed by atoms with Crippen LogP contribution in [0.2, 0.25) is 0 Å². The second-order valence-corrected chi connectivity index (χ2v) is 0. The molecule has 0 spiro atoms. The maximum atomic E-state index is 3.25. The van der Waals surface area contributed by atoms with E-state index in [4.69, 9.17) is 0 Å². The third kappa shape index (κ3) is 217. The van der Waals surface area contributed by atoms with E-state index in [2.05, 4.69) is 13.8 Å². The van der Waals surface area contributed by atoms with E-state index in [9.17, 15) is 0 Å². The molecule has 0 nitrogen and oxygen atoms in total. The van der Waals surface area contributed by atoms with Crippen molar-refractivity contribution in [2.24, 2.45) is 0 Å².